The van der Waals surface area contributed by atoms with Crippen molar-refractivity contribution in [1.29, 1.82) is 0 Å². The average molecular weight is 326 g/mol. The number of hydrogen-bond donors (Lipinski definition) is 2. The van der Waals surface area contributed by atoms with Crippen LogP contribution in [0.25, 0.3) is 0 Å². The van der Waals surface area contributed by atoms with E-state index < -0.39 is 11.8 Å². The van der Waals surface area contributed by atoms with Gasteiger partial charge in [-0.15, -0.1) is 0 Å². The van der Waals surface area contributed by atoms with E-state index in [9.17, 15) is 9.59 Å². The molecule has 0 aromatic carbocycles. The summed E-state index contributed by atoms with van der Waals surface area (Å²) in [7, 11) is 0. The highest BCUT2D eigenvalue weighted by Gasteiger charge is 2.35. The van der Waals surface area contributed by atoms with Gasteiger partial charge in [0.05, 0.1) is 0 Å². The zero-order valence-corrected chi connectivity index (χ0v) is 13.5. The van der Waals surface area contributed by atoms with Gasteiger partial charge in [0, 0.05) is 24.3 Å². The molecule has 6 heteroatoms. The van der Waals surface area contributed by atoms with Crippen LogP contribution in [-0.2, 0) is 9.59 Å². The quantitative estimate of drug-likeness (QED) is 0.356. The minimum atomic E-state index is -0.782. The van der Waals surface area contributed by atoms with Crippen molar-refractivity contribution in [1.82, 2.24) is 10.9 Å². The molecule has 126 valence electrons. The highest BCUT2D eigenvalue weighted by Crippen LogP contribution is 2.43. The van der Waals surface area contributed by atoms with E-state index in [1.807, 2.05) is 0 Å². The van der Waals surface area contributed by atoms with Crippen molar-refractivity contribution in [2.75, 3.05) is 0 Å². The fourth-order valence-electron chi connectivity index (χ4n) is 4.47. The van der Waals surface area contributed by atoms with Crippen LogP contribution in [0.3, 0.4) is 0 Å². The zero-order valence-electron chi connectivity index (χ0n) is 13.5. The minimum Gasteiger partial charge on any atom is -0.262 e. The van der Waals surface area contributed by atoms with Gasteiger partial charge in [-0.25, -0.2) is 10.9 Å². The van der Waals surface area contributed by atoms with E-state index in [1.165, 1.54) is 12.8 Å². The summed E-state index contributed by atoms with van der Waals surface area (Å²) in [5.74, 6) is 1.54. The van der Waals surface area contributed by atoms with Crippen molar-refractivity contribution in [2.24, 2.45) is 45.7 Å². The molecule has 6 unspecified atom stereocenters. The van der Waals surface area contributed by atoms with Crippen molar-refractivity contribution in [3.8, 4) is 0 Å². The van der Waals surface area contributed by atoms with Crippen LogP contribution in [-0.4, -0.2) is 24.2 Å². The van der Waals surface area contributed by atoms with Crippen molar-refractivity contribution in [3.63, 3.8) is 0 Å². The molecule has 4 aliphatic carbocycles. The molecule has 4 rings (SSSR count). The molecule has 6 atom stereocenters. The number of nitrogens with one attached hydrogen (secondary N) is 2. The molecule has 2 N–H and O–H groups in total. The van der Waals surface area contributed by atoms with Gasteiger partial charge in [-0.3, -0.25) is 9.59 Å². The highest BCUT2D eigenvalue weighted by molar-refractivity contribution is 6.35. The topological polar surface area (TPSA) is 82.9 Å². The van der Waals surface area contributed by atoms with Gasteiger partial charge in [0.2, 0.25) is 0 Å². The summed E-state index contributed by atoms with van der Waals surface area (Å²) < 4.78 is 0. The molecule has 0 aliphatic heterocycles. The first-order valence-electron chi connectivity index (χ1n) is 8.72. The molecule has 6 nitrogen and oxygen atoms in total. The molecule has 4 bridgehead atoms. The Kier molecular flexibility index (Phi) is 4.04. The molecule has 0 aromatic heterocycles. The first-order chi connectivity index (χ1) is 11.7. The molecule has 0 heterocycles. The maximum Gasteiger partial charge on any atom is 0.331 e. The Morgan fingerprint density at radius 3 is 1.54 bits per heavy atom. The number of nitrogens with zero attached hydrogens (tertiary/aromatic N) is 2. The molecule has 2 amide bonds. The normalized spacial score (nSPS) is 38.7. The van der Waals surface area contributed by atoms with Crippen LogP contribution in [0.4, 0.5) is 0 Å². The monoisotopic (exact) mass is 326 g/mol. The van der Waals surface area contributed by atoms with Crippen LogP contribution in [0.2, 0.25) is 0 Å². The number of rotatable bonds is 4. The number of hydrazone groups is 2. The maximum atomic E-state index is 11.7. The van der Waals surface area contributed by atoms with Crippen molar-refractivity contribution in [2.45, 2.75) is 25.7 Å². The van der Waals surface area contributed by atoms with Crippen molar-refractivity contribution in [3.05, 3.63) is 24.3 Å². The third-order valence-corrected chi connectivity index (χ3v) is 5.73. The Morgan fingerprint density at radius 1 is 0.750 bits per heavy atom. The molecule has 0 saturated heterocycles. The van der Waals surface area contributed by atoms with E-state index in [0.717, 1.165) is 12.8 Å². The second-order valence-electron chi connectivity index (χ2n) is 7.33. The lowest BCUT2D eigenvalue weighted by atomic mass is 9.95. The Balaban J connectivity index is 1.19. The van der Waals surface area contributed by atoms with E-state index in [1.54, 1.807) is 12.4 Å². The Bertz CT molecular complexity index is 595. The van der Waals surface area contributed by atoms with Crippen LogP contribution in [0.5, 0.6) is 0 Å². The van der Waals surface area contributed by atoms with Gasteiger partial charge in [0.1, 0.15) is 0 Å². The number of allylic oxidation sites excluding steroid dienone is 4. The summed E-state index contributed by atoms with van der Waals surface area (Å²) in [6.07, 6.45) is 17.0. The van der Waals surface area contributed by atoms with Crippen LogP contribution in [0.1, 0.15) is 25.7 Å². The fourth-order valence-corrected chi connectivity index (χ4v) is 4.47. The molecular formula is C18H22N4O2. The van der Waals surface area contributed by atoms with Gasteiger partial charge < -0.3 is 0 Å². The Morgan fingerprint density at radius 2 is 1.21 bits per heavy atom. The molecule has 2 fully saturated rings. The number of carbonyl (C=O) groups excluding carboxylic acids is 2. The van der Waals surface area contributed by atoms with Gasteiger partial charge >= 0.3 is 11.8 Å². The number of amides is 2. The second kappa shape index (κ2) is 6.34. The van der Waals surface area contributed by atoms with Gasteiger partial charge in [-0.05, 0) is 49.4 Å². The lowest BCUT2D eigenvalue weighted by Gasteiger charge is -2.12. The number of hydrogen-bond acceptors (Lipinski definition) is 4. The summed E-state index contributed by atoms with van der Waals surface area (Å²) in [6.45, 7) is 0. The molecular weight excluding hydrogens is 304 g/mol. The summed E-state index contributed by atoms with van der Waals surface area (Å²) in [4.78, 5) is 23.4. The van der Waals surface area contributed by atoms with E-state index in [-0.39, 0.29) is 0 Å². The van der Waals surface area contributed by atoms with Crippen LogP contribution < -0.4 is 10.9 Å². The van der Waals surface area contributed by atoms with Crippen LogP contribution >= 0.6 is 0 Å². The van der Waals surface area contributed by atoms with E-state index >= 15 is 0 Å². The smallest absolute Gasteiger partial charge is 0.262 e. The number of carbonyl (C=O) groups is 2. The van der Waals surface area contributed by atoms with Crippen LogP contribution in [0.15, 0.2) is 34.5 Å². The molecule has 0 radical (unpaired) electrons. The molecule has 2 saturated carbocycles. The second-order valence-corrected chi connectivity index (χ2v) is 7.33. The highest BCUT2D eigenvalue weighted by atomic mass is 16.2. The molecule has 0 aromatic rings. The third-order valence-electron chi connectivity index (χ3n) is 5.73. The molecule has 4 aliphatic rings. The molecule has 0 spiro atoms. The fraction of sp³-hybridized carbons (Fsp3) is 0.556. The standard InChI is InChI=1S/C18H22N4O2/c23-17(21-19-9-15-7-11-1-3-13(15)5-11)18(24)22-20-10-16-8-12-2-4-14(16)6-12/h1-4,9-16H,5-8H2,(H,21,23)(H,22,24). The summed E-state index contributed by atoms with van der Waals surface area (Å²) in [5, 5.41) is 7.86. The van der Waals surface area contributed by atoms with Gasteiger partial charge in [0.15, 0.2) is 0 Å². The van der Waals surface area contributed by atoms with Crippen molar-refractivity contribution < 1.29 is 9.59 Å². The SMILES string of the molecule is O=C(NN=CC1CC2C=CC1C2)C(=O)NN=CC1CC2C=CC1C2. The van der Waals surface area contributed by atoms with Crippen molar-refractivity contribution >= 4 is 24.2 Å². The summed E-state index contributed by atoms with van der Waals surface area (Å²) >= 11 is 0. The lowest BCUT2D eigenvalue weighted by molar-refractivity contribution is -0.139. The average Bonchev–Trinajstić information content (AvgIpc) is 3.35. The lowest BCUT2D eigenvalue weighted by Crippen LogP contribution is -2.35. The van der Waals surface area contributed by atoms with E-state index in [0.29, 0.717) is 35.5 Å². The Hall–Kier alpha value is -2.24. The Labute approximate surface area is 141 Å². The van der Waals surface area contributed by atoms with Crippen LogP contribution in [0, 0.1) is 35.5 Å². The first kappa shape index (κ1) is 15.3. The van der Waals surface area contributed by atoms with Gasteiger partial charge in [0.25, 0.3) is 0 Å². The predicted molar refractivity (Wildman–Crippen MR) is 91.0 cm³/mol. The van der Waals surface area contributed by atoms with E-state index in [4.69, 9.17) is 0 Å². The first-order valence-corrected chi connectivity index (χ1v) is 8.72. The van der Waals surface area contributed by atoms with Gasteiger partial charge in [-0.1, -0.05) is 24.3 Å². The summed E-state index contributed by atoms with van der Waals surface area (Å²) in [6, 6.07) is 0. The third kappa shape index (κ3) is 3.05. The summed E-state index contributed by atoms with van der Waals surface area (Å²) in [5.41, 5.74) is 4.57. The van der Waals surface area contributed by atoms with Gasteiger partial charge in [-0.2, -0.15) is 10.2 Å². The minimum absolute atomic E-state index is 0.368. The molecule has 24 heavy (non-hydrogen) atoms. The predicted octanol–water partition coefficient (Wildman–Crippen LogP) is 1.61. The largest absolute Gasteiger partial charge is 0.331 e. The van der Waals surface area contributed by atoms with E-state index in [2.05, 4.69) is 45.4 Å². The maximum absolute atomic E-state index is 11.7. The number of fused-ring (bicyclic) bond motifs is 4. The zero-order chi connectivity index (χ0) is 16.5.